The van der Waals surface area contributed by atoms with Crippen molar-refractivity contribution in [2.45, 2.75) is 97.4 Å². The standard InChI is InChI=1S/C29H46N/c1-3-5-7-9-11-19-25-30(29-23-17-14-18-24-29,26-20-12-10-8-6-4-2)27-28-21-15-13-16-22-28/h13-18,21-24H,3-12,19-20,25-27H2,1-2H3/q+1. The van der Waals surface area contributed by atoms with Gasteiger partial charge in [-0.25, -0.2) is 0 Å². The third kappa shape index (κ3) is 9.04. The molecule has 0 aromatic heterocycles. The zero-order chi connectivity index (χ0) is 21.3. The zero-order valence-electron chi connectivity index (χ0n) is 19.8. The number of para-hydroxylation sites is 1. The van der Waals surface area contributed by atoms with Gasteiger partial charge in [0.2, 0.25) is 0 Å². The molecule has 30 heavy (non-hydrogen) atoms. The number of nitrogens with zero attached hydrogens (tertiary/aromatic N) is 1. The van der Waals surface area contributed by atoms with E-state index in [4.69, 9.17) is 0 Å². The Hall–Kier alpha value is -1.60. The van der Waals surface area contributed by atoms with Crippen molar-refractivity contribution in [2.75, 3.05) is 13.1 Å². The Bertz CT molecular complexity index is 618. The van der Waals surface area contributed by atoms with Gasteiger partial charge in [-0.05, 0) is 37.8 Å². The van der Waals surface area contributed by atoms with Crippen molar-refractivity contribution in [2.24, 2.45) is 0 Å². The van der Waals surface area contributed by atoms with Crippen LogP contribution in [-0.4, -0.2) is 13.1 Å². The molecule has 0 spiro atoms. The fraction of sp³-hybridized carbons (Fsp3) is 0.586. The lowest BCUT2D eigenvalue weighted by Crippen LogP contribution is -2.50. The molecular weight excluding hydrogens is 362 g/mol. The van der Waals surface area contributed by atoms with Crippen molar-refractivity contribution in [1.29, 1.82) is 0 Å². The minimum Gasteiger partial charge on any atom is -0.287 e. The Kier molecular flexibility index (Phi) is 12.5. The van der Waals surface area contributed by atoms with Gasteiger partial charge >= 0.3 is 0 Å². The number of unbranched alkanes of at least 4 members (excludes halogenated alkanes) is 10. The van der Waals surface area contributed by atoms with Crippen LogP contribution in [0.2, 0.25) is 0 Å². The highest BCUT2D eigenvalue weighted by Crippen LogP contribution is 2.29. The number of hydrogen-bond acceptors (Lipinski definition) is 0. The van der Waals surface area contributed by atoms with Gasteiger partial charge < -0.3 is 0 Å². The first-order chi connectivity index (χ1) is 14.8. The molecule has 0 atom stereocenters. The quantitative estimate of drug-likeness (QED) is 0.181. The van der Waals surface area contributed by atoms with Crippen LogP contribution >= 0.6 is 0 Å². The van der Waals surface area contributed by atoms with E-state index in [1.54, 1.807) is 0 Å². The van der Waals surface area contributed by atoms with Gasteiger partial charge in [-0.3, -0.25) is 4.48 Å². The highest BCUT2D eigenvalue weighted by molar-refractivity contribution is 5.43. The van der Waals surface area contributed by atoms with Crippen molar-refractivity contribution < 1.29 is 0 Å². The van der Waals surface area contributed by atoms with Crippen LogP contribution < -0.4 is 4.48 Å². The maximum Gasteiger partial charge on any atom is 0.133 e. The average Bonchev–Trinajstić information content (AvgIpc) is 2.79. The summed E-state index contributed by atoms with van der Waals surface area (Å²) in [6.07, 6.45) is 16.4. The van der Waals surface area contributed by atoms with Gasteiger partial charge in [0.1, 0.15) is 12.2 Å². The monoisotopic (exact) mass is 408 g/mol. The number of rotatable bonds is 17. The summed E-state index contributed by atoms with van der Waals surface area (Å²) < 4.78 is 1.12. The highest BCUT2D eigenvalue weighted by Gasteiger charge is 2.29. The first-order valence-corrected chi connectivity index (χ1v) is 12.8. The van der Waals surface area contributed by atoms with Crippen LogP contribution in [0.5, 0.6) is 0 Å². The Morgan fingerprint density at radius 2 is 0.933 bits per heavy atom. The summed E-state index contributed by atoms with van der Waals surface area (Å²) in [6, 6.07) is 22.5. The molecule has 0 aliphatic heterocycles. The normalized spacial score (nSPS) is 11.7. The third-order valence-corrected chi connectivity index (χ3v) is 6.51. The summed E-state index contributed by atoms with van der Waals surface area (Å²) in [5.41, 5.74) is 2.97. The molecule has 0 unspecified atom stereocenters. The van der Waals surface area contributed by atoms with Crippen LogP contribution in [0.4, 0.5) is 5.69 Å². The molecule has 0 aliphatic rings. The molecule has 1 heteroatoms. The fourth-order valence-corrected chi connectivity index (χ4v) is 4.69. The van der Waals surface area contributed by atoms with E-state index < -0.39 is 0 Å². The molecule has 0 heterocycles. The molecule has 166 valence electrons. The predicted octanol–water partition coefficient (Wildman–Crippen LogP) is 8.92. The molecule has 0 aliphatic carbocycles. The van der Waals surface area contributed by atoms with Gasteiger partial charge in [0.25, 0.3) is 0 Å². The molecule has 0 saturated carbocycles. The van der Waals surface area contributed by atoms with Crippen LogP contribution in [0.3, 0.4) is 0 Å². The van der Waals surface area contributed by atoms with E-state index in [-0.39, 0.29) is 0 Å². The second-order valence-electron chi connectivity index (χ2n) is 9.11. The highest BCUT2D eigenvalue weighted by atomic mass is 15.4. The van der Waals surface area contributed by atoms with E-state index in [1.165, 1.54) is 101 Å². The van der Waals surface area contributed by atoms with Crippen LogP contribution in [0, 0.1) is 0 Å². The minimum absolute atomic E-state index is 1.12. The summed E-state index contributed by atoms with van der Waals surface area (Å²) in [7, 11) is 0. The van der Waals surface area contributed by atoms with Crippen LogP contribution in [0.15, 0.2) is 60.7 Å². The van der Waals surface area contributed by atoms with Crippen molar-refractivity contribution in [3.63, 3.8) is 0 Å². The Morgan fingerprint density at radius 1 is 0.500 bits per heavy atom. The molecule has 0 fully saturated rings. The zero-order valence-corrected chi connectivity index (χ0v) is 19.8. The van der Waals surface area contributed by atoms with Crippen molar-refractivity contribution >= 4 is 5.69 Å². The number of benzene rings is 2. The first-order valence-electron chi connectivity index (χ1n) is 12.8. The average molecular weight is 409 g/mol. The molecule has 1 nitrogen and oxygen atoms in total. The van der Waals surface area contributed by atoms with Crippen molar-refractivity contribution in [1.82, 2.24) is 4.48 Å². The van der Waals surface area contributed by atoms with Gasteiger partial charge in [0.05, 0.1) is 13.1 Å². The second-order valence-corrected chi connectivity index (χ2v) is 9.11. The second kappa shape index (κ2) is 15.2. The molecule has 2 aromatic carbocycles. The molecule has 0 bridgehead atoms. The molecule has 0 radical (unpaired) electrons. The predicted molar refractivity (Wildman–Crippen MR) is 135 cm³/mol. The van der Waals surface area contributed by atoms with Gasteiger partial charge in [0, 0.05) is 5.56 Å². The fourth-order valence-electron chi connectivity index (χ4n) is 4.69. The van der Waals surface area contributed by atoms with E-state index in [2.05, 4.69) is 74.5 Å². The Balaban J connectivity index is 2.10. The van der Waals surface area contributed by atoms with Crippen molar-refractivity contribution in [3.05, 3.63) is 66.2 Å². The lowest BCUT2D eigenvalue weighted by Gasteiger charge is -2.39. The van der Waals surface area contributed by atoms with Gasteiger partial charge in [-0.1, -0.05) is 114 Å². The lowest BCUT2D eigenvalue weighted by atomic mass is 10.0. The van der Waals surface area contributed by atoms with Gasteiger partial charge in [0.15, 0.2) is 0 Å². The van der Waals surface area contributed by atoms with Crippen LogP contribution in [0.25, 0.3) is 0 Å². The van der Waals surface area contributed by atoms with E-state index in [0.29, 0.717) is 0 Å². The number of hydrogen-bond donors (Lipinski definition) is 0. The summed E-state index contributed by atoms with van der Waals surface area (Å²) in [4.78, 5) is 0. The molecular formula is C29H46N+. The van der Waals surface area contributed by atoms with Crippen LogP contribution in [-0.2, 0) is 6.54 Å². The van der Waals surface area contributed by atoms with E-state index in [1.807, 2.05) is 0 Å². The third-order valence-electron chi connectivity index (χ3n) is 6.51. The van der Waals surface area contributed by atoms with E-state index in [0.717, 1.165) is 11.0 Å². The topological polar surface area (TPSA) is 0 Å². The number of quaternary nitrogens is 1. The molecule has 2 rings (SSSR count). The molecule has 0 saturated heterocycles. The maximum absolute atomic E-state index is 2.37. The lowest BCUT2D eigenvalue weighted by molar-refractivity contribution is 0.251. The summed E-state index contributed by atoms with van der Waals surface area (Å²) in [5, 5.41) is 0. The molecule has 0 amide bonds. The minimum atomic E-state index is 1.12. The molecule has 2 aromatic rings. The van der Waals surface area contributed by atoms with Gasteiger partial charge in [-0.2, -0.15) is 0 Å². The van der Waals surface area contributed by atoms with Crippen molar-refractivity contribution in [3.8, 4) is 0 Å². The summed E-state index contributed by atoms with van der Waals surface area (Å²) in [6.45, 7) is 8.25. The Labute approximate surface area is 187 Å². The SMILES string of the molecule is CCCCCCCC[N+](CCCCCCCC)(Cc1ccccc1)c1ccccc1. The van der Waals surface area contributed by atoms with Crippen LogP contribution in [0.1, 0.15) is 96.5 Å². The smallest absolute Gasteiger partial charge is 0.133 e. The summed E-state index contributed by atoms with van der Waals surface area (Å²) >= 11 is 0. The van der Waals surface area contributed by atoms with E-state index in [9.17, 15) is 0 Å². The Morgan fingerprint density at radius 3 is 1.43 bits per heavy atom. The maximum atomic E-state index is 2.37. The summed E-state index contributed by atoms with van der Waals surface area (Å²) in [5.74, 6) is 0. The van der Waals surface area contributed by atoms with E-state index >= 15 is 0 Å². The van der Waals surface area contributed by atoms with Gasteiger partial charge in [-0.15, -0.1) is 0 Å². The first kappa shape index (κ1) is 24.7. The molecule has 0 N–H and O–H groups in total. The largest absolute Gasteiger partial charge is 0.287 e.